The van der Waals surface area contributed by atoms with Gasteiger partial charge < -0.3 is 24.5 Å². The van der Waals surface area contributed by atoms with Crippen LogP contribution in [0, 0.1) is 0 Å². The third-order valence-electron chi connectivity index (χ3n) is 3.99. The first-order chi connectivity index (χ1) is 13.5. The molecule has 0 spiro atoms. The summed E-state index contributed by atoms with van der Waals surface area (Å²) in [6.07, 6.45) is 0. The highest BCUT2D eigenvalue weighted by Gasteiger charge is 2.15. The van der Waals surface area contributed by atoms with Crippen LogP contribution in [-0.2, 0) is 11.8 Å². The number of para-hydroxylation sites is 2. The molecule has 0 unspecified atom stereocenters. The number of anilines is 1. The standard InChI is InChI=1S/C19H20N4O4S/c1-23-18(12-8-9-15(26-2)16(10-12)27-3)21-22-19(23)28-11-17(25)20-13-6-4-5-7-14(13)24/h4-10,24H,11H2,1-3H3,(H,20,25). The molecule has 1 heterocycles. The first-order valence-electron chi connectivity index (χ1n) is 8.36. The number of methoxy groups -OCH3 is 2. The largest absolute Gasteiger partial charge is 0.506 e. The van der Waals surface area contributed by atoms with E-state index in [1.165, 1.54) is 17.8 Å². The van der Waals surface area contributed by atoms with Gasteiger partial charge in [0.25, 0.3) is 0 Å². The highest BCUT2D eigenvalue weighted by molar-refractivity contribution is 7.99. The fourth-order valence-corrected chi connectivity index (χ4v) is 3.27. The highest BCUT2D eigenvalue weighted by Crippen LogP contribution is 2.32. The topological polar surface area (TPSA) is 98.5 Å². The van der Waals surface area contributed by atoms with Crippen LogP contribution < -0.4 is 14.8 Å². The summed E-state index contributed by atoms with van der Waals surface area (Å²) in [4.78, 5) is 12.1. The number of carbonyl (C=O) groups excluding carboxylic acids is 1. The van der Waals surface area contributed by atoms with Crippen molar-refractivity contribution in [2.75, 3.05) is 25.3 Å². The van der Waals surface area contributed by atoms with E-state index in [0.717, 1.165) is 5.56 Å². The Bertz CT molecular complexity index is 990. The summed E-state index contributed by atoms with van der Waals surface area (Å²) in [6, 6.07) is 12.1. The molecule has 0 radical (unpaired) electrons. The highest BCUT2D eigenvalue weighted by atomic mass is 32.2. The van der Waals surface area contributed by atoms with Gasteiger partial charge in [0, 0.05) is 12.6 Å². The Morgan fingerprint density at radius 1 is 1.14 bits per heavy atom. The molecule has 3 aromatic rings. The van der Waals surface area contributed by atoms with Crippen molar-refractivity contribution in [3.05, 3.63) is 42.5 Å². The summed E-state index contributed by atoms with van der Waals surface area (Å²) in [5.74, 6) is 1.77. The van der Waals surface area contributed by atoms with E-state index in [1.807, 2.05) is 19.2 Å². The number of ether oxygens (including phenoxy) is 2. The second-order valence-electron chi connectivity index (χ2n) is 5.79. The molecule has 1 aromatic heterocycles. The van der Waals surface area contributed by atoms with E-state index in [2.05, 4.69) is 15.5 Å². The van der Waals surface area contributed by atoms with Crippen LogP contribution >= 0.6 is 11.8 Å². The molecule has 146 valence electrons. The van der Waals surface area contributed by atoms with E-state index in [4.69, 9.17) is 9.47 Å². The van der Waals surface area contributed by atoms with Crippen molar-refractivity contribution in [2.24, 2.45) is 7.05 Å². The summed E-state index contributed by atoms with van der Waals surface area (Å²) < 4.78 is 12.4. The Kier molecular flexibility index (Phi) is 6.05. The van der Waals surface area contributed by atoms with Gasteiger partial charge in [-0.25, -0.2) is 0 Å². The molecule has 9 heteroatoms. The Morgan fingerprint density at radius 2 is 1.89 bits per heavy atom. The van der Waals surface area contributed by atoms with E-state index in [9.17, 15) is 9.90 Å². The zero-order chi connectivity index (χ0) is 20.1. The van der Waals surface area contributed by atoms with E-state index in [1.54, 1.807) is 43.1 Å². The molecule has 0 bridgehead atoms. The van der Waals surface area contributed by atoms with Crippen LogP contribution in [0.25, 0.3) is 11.4 Å². The lowest BCUT2D eigenvalue weighted by atomic mass is 10.2. The molecule has 2 aromatic carbocycles. The predicted octanol–water partition coefficient (Wildman–Crippen LogP) is 2.94. The van der Waals surface area contributed by atoms with Crippen molar-refractivity contribution in [1.82, 2.24) is 14.8 Å². The molecule has 28 heavy (non-hydrogen) atoms. The van der Waals surface area contributed by atoms with E-state index < -0.39 is 0 Å². The molecule has 1 amide bonds. The number of phenols is 1. The van der Waals surface area contributed by atoms with Crippen molar-refractivity contribution in [3.63, 3.8) is 0 Å². The van der Waals surface area contributed by atoms with Crippen molar-refractivity contribution in [2.45, 2.75) is 5.16 Å². The van der Waals surface area contributed by atoms with Crippen molar-refractivity contribution >= 4 is 23.4 Å². The van der Waals surface area contributed by atoms with Crippen LogP contribution in [0.4, 0.5) is 5.69 Å². The number of carbonyl (C=O) groups is 1. The van der Waals surface area contributed by atoms with Gasteiger partial charge in [0.2, 0.25) is 5.91 Å². The summed E-state index contributed by atoms with van der Waals surface area (Å²) in [5, 5.41) is 21.4. The van der Waals surface area contributed by atoms with Gasteiger partial charge in [0.05, 0.1) is 25.7 Å². The van der Waals surface area contributed by atoms with Crippen LogP contribution in [0.1, 0.15) is 0 Å². The van der Waals surface area contributed by atoms with Crippen LogP contribution in [-0.4, -0.2) is 45.8 Å². The van der Waals surface area contributed by atoms with Crippen molar-refractivity contribution in [1.29, 1.82) is 0 Å². The number of rotatable bonds is 7. The van der Waals surface area contributed by atoms with E-state index in [0.29, 0.717) is 28.2 Å². The maximum atomic E-state index is 12.1. The summed E-state index contributed by atoms with van der Waals surface area (Å²) in [6.45, 7) is 0. The smallest absolute Gasteiger partial charge is 0.234 e. The zero-order valence-electron chi connectivity index (χ0n) is 15.7. The van der Waals surface area contributed by atoms with Gasteiger partial charge in [0.1, 0.15) is 5.75 Å². The minimum Gasteiger partial charge on any atom is -0.506 e. The average Bonchev–Trinajstić information content (AvgIpc) is 3.08. The lowest BCUT2D eigenvalue weighted by Crippen LogP contribution is -2.14. The predicted molar refractivity (Wildman–Crippen MR) is 107 cm³/mol. The first-order valence-corrected chi connectivity index (χ1v) is 9.34. The van der Waals surface area contributed by atoms with Gasteiger partial charge in [-0.05, 0) is 30.3 Å². The lowest BCUT2D eigenvalue weighted by molar-refractivity contribution is -0.113. The summed E-state index contributed by atoms with van der Waals surface area (Å²) in [7, 11) is 4.98. The van der Waals surface area contributed by atoms with Crippen LogP contribution in [0.5, 0.6) is 17.2 Å². The third kappa shape index (κ3) is 4.20. The second kappa shape index (κ2) is 8.66. The fourth-order valence-electron chi connectivity index (χ4n) is 2.56. The number of hydrogen-bond acceptors (Lipinski definition) is 7. The quantitative estimate of drug-likeness (QED) is 0.465. The maximum absolute atomic E-state index is 12.1. The molecule has 0 saturated heterocycles. The third-order valence-corrected chi connectivity index (χ3v) is 5.01. The zero-order valence-corrected chi connectivity index (χ0v) is 16.5. The van der Waals surface area contributed by atoms with Gasteiger partial charge in [-0.15, -0.1) is 10.2 Å². The fraction of sp³-hybridized carbons (Fsp3) is 0.211. The van der Waals surface area contributed by atoms with Crippen LogP contribution in [0.2, 0.25) is 0 Å². The lowest BCUT2D eigenvalue weighted by Gasteiger charge is -2.09. The molecule has 0 atom stereocenters. The van der Waals surface area contributed by atoms with Gasteiger partial charge >= 0.3 is 0 Å². The number of hydrogen-bond donors (Lipinski definition) is 2. The summed E-state index contributed by atoms with van der Waals surface area (Å²) >= 11 is 1.25. The molecule has 0 aliphatic carbocycles. The molecule has 0 aliphatic heterocycles. The molecular weight excluding hydrogens is 380 g/mol. The van der Waals surface area contributed by atoms with Gasteiger partial charge in [-0.1, -0.05) is 23.9 Å². The van der Waals surface area contributed by atoms with Crippen LogP contribution in [0.15, 0.2) is 47.6 Å². The molecule has 0 fully saturated rings. The van der Waals surface area contributed by atoms with Gasteiger partial charge in [0.15, 0.2) is 22.5 Å². The minimum absolute atomic E-state index is 0.0234. The monoisotopic (exact) mass is 400 g/mol. The molecule has 0 saturated carbocycles. The maximum Gasteiger partial charge on any atom is 0.234 e. The number of thioether (sulfide) groups is 1. The normalized spacial score (nSPS) is 10.5. The molecule has 8 nitrogen and oxygen atoms in total. The van der Waals surface area contributed by atoms with Crippen molar-refractivity contribution < 1.29 is 19.4 Å². The minimum atomic E-state index is -0.248. The Hall–Kier alpha value is -3.20. The first kappa shape index (κ1) is 19.6. The number of benzene rings is 2. The summed E-state index contributed by atoms with van der Waals surface area (Å²) in [5.41, 5.74) is 1.19. The Labute approximate surface area is 166 Å². The SMILES string of the molecule is COc1ccc(-c2nnc(SCC(=O)Nc3ccccc3O)n2C)cc1OC. The molecule has 3 rings (SSSR count). The number of aromatic nitrogens is 3. The number of nitrogens with zero attached hydrogens (tertiary/aromatic N) is 3. The number of nitrogens with one attached hydrogen (secondary N) is 1. The van der Waals surface area contributed by atoms with E-state index in [-0.39, 0.29) is 17.4 Å². The molecule has 2 N–H and O–H groups in total. The number of amides is 1. The molecular formula is C19H20N4O4S. The van der Waals surface area contributed by atoms with Gasteiger partial charge in [-0.2, -0.15) is 0 Å². The second-order valence-corrected chi connectivity index (χ2v) is 6.73. The van der Waals surface area contributed by atoms with Crippen LogP contribution in [0.3, 0.4) is 0 Å². The Balaban J connectivity index is 1.70. The molecule has 0 aliphatic rings. The van der Waals surface area contributed by atoms with Crippen molar-refractivity contribution in [3.8, 4) is 28.6 Å². The average molecular weight is 400 g/mol. The van der Waals surface area contributed by atoms with Gasteiger partial charge in [-0.3, -0.25) is 4.79 Å². The number of aromatic hydroxyl groups is 1. The Morgan fingerprint density at radius 3 is 2.61 bits per heavy atom. The number of phenolic OH excluding ortho intramolecular Hbond substituents is 1. The van der Waals surface area contributed by atoms with E-state index >= 15 is 0 Å².